The smallest absolute Gasteiger partial charge is 0.222 e. The number of amides is 1. The van der Waals surface area contributed by atoms with Gasteiger partial charge in [0, 0.05) is 25.0 Å². The number of rotatable bonds is 5. The second kappa shape index (κ2) is 5.40. The quantitative estimate of drug-likeness (QED) is 0.824. The van der Waals surface area contributed by atoms with Crippen LogP contribution in [-0.2, 0) is 14.8 Å². The van der Waals surface area contributed by atoms with E-state index in [1.54, 1.807) is 0 Å². The van der Waals surface area contributed by atoms with Crippen LogP contribution in [0.1, 0.15) is 45.4 Å². The van der Waals surface area contributed by atoms with E-state index < -0.39 is 10.0 Å². The topological polar surface area (TPSA) is 66.5 Å². The molecule has 0 radical (unpaired) electrons. The second-order valence-electron chi connectivity index (χ2n) is 6.04. The highest BCUT2D eigenvalue weighted by Gasteiger charge is 2.41. The molecule has 0 aromatic heterocycles. The molecule has 2 fully saturated rings. The third kappa shape index (κ3) is 4.18. The highest BCUT2D eigenvalue weighted by atomic mass is 32.2. The van der Waals surface area contributed by atoms with Gasteiger partial charge in [0.1, 0.15) is 0 Å². The molecule has 0 bridgehead atoms. The first kappa shape index (κ1) is 14.8. The van der Waals surface area contributed by atoms with Crippen LogP contribution in [0.25, 0.3) is 0 Å². The molecule has 1 saturated heterocycles. The van der Waals surface area contributed by atoms with E-state index in [0.717, 1.165) is 19.3 Å². The molecule has 2 aliphatic rings. The monoisotopic (exact) mass is 288 g/mol. The van der Waals surface area contributed by atoms with Crippen LogP contribution < -0.4 is 4.72 Å². The van der Waals surface area contributed by atoms with Crippen LogP contribution in [0.5, 0.6) is 0 Å². The second-order valence-corrected chi connectivity index (χ2v) is 7.78. The van der Waals surface area contributed by atoms with E-state index >= 15 is 0 Å². The van der Waals surface area contributed by atoms with Crippen molar-refractivity contribution in [1.29, 1.82) is 0 Å². The molecule has 1 amide bonds. The zero-order valence-corrected chi connectivity index (χ0v) is 12.6. The summed E-state index contributed by atoms with van der Waals surface area (Å²) in [5, 5.41) is 0. The lowest BCUT2D eigenvalue weighted by Crippen LogP contribution is -2.56. The molecule has 110 valence electrons. The Morgan fingerprint density at radius 3 is 2.32 bits per heavy atom. The fourth-order valence-electron chi connectivity index (χ4n) is 3.02. The van der Waals surface area contributed by atoms with Crippen LogP contribution in [0.2, 0.25) is 0 Å². The SMILES string of the molecule is CCC(=O)N1CCC(CC2CC2)(NS(C)(=O)=O)CC1. The summed E-state index contributed by atoms with van der Waals surface area (Å²) in [6, 6.07) is 0. The minimum atomic E-state index is -3.20. The number of carbonyl (C=O) groups is 1. The first-order chi connectivity index (χ1) is 8.84. The number of sulfonamides is 1. The van der Waals surface area contributed by atoms with E-state index in [-0.39, 0.29) is 11.4 Å². The number of carbonyl (C=O) groups excluding carboxylic acids is 1. The third-order valence-corrected chi connectivity index (χ3v) is 4.96. The molecule has 0 aromatic rings. The van der Waals surface area contributed by atoms with E-state index in [1.165, 1.54) is 19.1 Å². The van der Waals surface area contributed by atoms with Crippen molar-refractivity contribution in [2.45, 2.75) is 51.0 Å². The molecule has 1 aliphatic carbocycles. The molecule has 0 spiro atoms. The Morgan fingerprint density at radius 1 is 1.32 bits per heavy atom. The molecule has 5 nitrogen and oxygen atoms in total. The number of likely N-dealkylation sites (tertiary alicyclic amines) is 1. The maximum absolute atomic E-state index is 11.7. The first-order valence-electron chi connectivity index (χ1n) is 7.10. The first-order valence-corrected chi connectivity index (χ1v) is 8.99. The van der Waals surface area contributed by atoms with Gasteiger partial charge in [0.25, 0.3) is 0 Å². The van der Waals surface area contributed by atoms with Crippen molar-refractivity contribution in [1.82, 2.24) is 9.62 Å². The average molecular weight is 288 g/mol. The van der Waals surface area contributed by atoms with E-state index in [1.807, 2.05) is 11.8 Å². The molecular weight excluding hydrogens is 264 g/mol. The molecule has 19 heavy (non-hydrogen) atoms. The van der Waals surface area contributed by atoms with Gasteiger partial charge in [-0.25, -0.2) is 13.1 Å². The number of piperidine rings is 1. The summed E-state index contributed by atoms with van der Waals surface area (Å²) in [5.74, 6) is 0.835. The van der Waals surface area contributed by atoms with E-state index in [4.69, 9.17) is 0 Å². The van der Waals surface area contributed by atoms with Crippen molar-refractivity contribution in [2.24, 2.45) is 5.92 Å². The minimum Gasteiger partial charge on any atom is -0.343 e. The molecule has 6 heteroatoms. The van der Waals surface area contributed by atoms with Gasteiger partial charge in [0.15, 0.2) is 0 Å². The summed E-state index contributed by atoms with van der Waals surface area (Å²) < 4.78 is 26.0. The fourth-order valence-corrected chi connectivity index (χ4v) is 4.10. The van der Waals surface area contributed by atoms with Gasteiger partial charge in [0.05, 0.1) is 6.26 Å². The lowest BCUT2D eigenvalue weighted by molar-refractivity contribution is -0.132. The highest BCUT2D eigenvalue weighted by molar-refractivity contribution is 7.88. The summed E-state index contributed by atoms with van der Waals surface area (Å²) in [4.78, 5) is 13.5. The molecular formula is C13H24N2O3S. The van der Waals surface area contributed by atoms with E-state index in [9.17, 15) is 13.2 Å². The van der Waals surface area contributed by atoms with Crippen molar-refractivity contribution in [3.8, 4) is 0 Å². The summed E-state index contributed by atoms with van der Waals surface area (Å²) in [6.45, 7) is 3.20. The summed E-state index contributed by atoms with van der Waals surface area (Å²) in [7, 11) is -3.20. The van der Waals surface area contributed by atoms with Crippen LogP contribution in [0.15, 0.2) is 0 Å². The zero-order chi connectivity index (χ0) is 14.1. The molecule has 1 N–H and O–H groups in total. The molecule has 1 saturated carbocycles. The van der Waals surface area contributed by atoms with Gasteiger partial charge in [-0.1, -0.05) is 19.8 Å². The molecule has 0 atom stereocenters. The summed E-state index contributed by atoms with van der Waals surface area (Å²) in [6.07, 6.45) is 6.58. The van der Waals surface area contributed by atoms with Gasteiger partial charge < -0.3 is 4.90 Å². The maximum Gasteiger partial charge on any atom is 0.222 e. The van der Waals surface area contributed by atoms with Crippen LogP contribution in [0.3, 0.4) is 0 Å². The molecule has 0 unspecified atom stereocenters. The third-order valence-electron chi connectivity index (χ3n) is 4.15. The van der Waals surface area contributed by atoms with Crippen molar-refractivity contribution in [3.05, 3.63) is 0 Å². The van der Waals surface area contributed by atoms with E-state index in [0.29, 0.717) is 25.4 Å². The van der Waals surface area contributed by atoms with Gasteiger partial charge in [-0.3, -0.25) is 4.79 Å². The molecule has 2 rings (SSSR count). The van der Waals surface area contributed by atoms with Gasteiger partial charge >= 0.3 is 0 Å². The Balaban J connectivity index is 2.02. The van der Waals surface area contributed by atoms with Crippen molar-refractivity contribution < 1.29 is 13.2 Å². The van der Waals surface area contributed by atoms with Crippen molar-refractivity contribution in [2.75, 3.05) is 19.3 Å². The lowest BCUT2D eigenvalue weighted by Gasteiger charge is -2.42. The maximum atomic E-state index is 11.7. The number of hydrogen-bond acceptors (Lipinski definition) is 3. The minimum absolute atomic E-state index is 0.166. The Hall–Kier alpha value is -0.620. The summed E-state index contributed by atoms with van der Waals surface area (Å²) >= 11 is 0. The molecule has 0 aromatic carbocycles. The van der Waals surface area contributed by atoms with Gasteiger partial charge in [0.2, 0.25) is 15.9 Å². The Morgan fingerprint density at radius 2 is 1.89 bits per heavy atom. The van der Waals surface area contributed by atoms with Crippen LogP contribution in [0.4, 0.5) is 0 Å². The van der Waals surface area contributed by atoms with Gasteiger partial charge in [-0.2, -0.15) is 0 Å². The predicted octanol–water partition coefficient (Wildman–Crippen LogP) is 1.11. The Labute approximate surface area is 115 Å². The van der Waals surface area contributed by atoms with Crippen molar-refractivity contribution in [3.63, 3.8) is 0 Å². The largest absolute Gasteiger partial charge is 0.343 e. The Kier molecular flexibility index (Phi) is 4.20. The zero-order valence-electron chi connectivity index (χ0n) is 11.8. The van der Waals surface area contributed by atoms with Crippen LogP contribution >= 0.6 is 0 Å². The molecule has 1 aliphatic heterocycles. The standard InChI is InChI=1S/C13H24N2O3S/c1-3-12(16)15-8-6-13(7-9-15,10-11-4-5-11)14-19(2,17)18/h11,14H,3-10H2,1-2H3. The highest BCUT2D eigenvalue weighted by Crippen LogP contribution is 2.40. The lowest BCUT2D eigenvalue weighted by atomic mass is 9.83. The number of nitrogens with one attached hydrogen (secondary N) is 1. The number of nitrogens with zero attached hydrogens (tertiary/aromatic N) is 1. The van der Waals surface area contributed by atoms with E-state index in [2.05, 4.69) is 4.72 Å². The van der Waals surface area contributed by atoms with Crippen LogP contribution in [-0.4, -0.2) is 44.1 Å². The van der Waals surface area contributed by atoms with Gasteiger partial charge in [-0.05, 0) is 25.2 Å². The predicted molar refractivity (Wildman–Crippen MR) is 74.2 cm³/mol. The van der Waals surface area contributed by atoms with Crippen LogP contribution in [0, 0.1) is 5.92 Å². The summed E-state index contributed by atoms with van der Waals surface area (Å²) in [5.41, 5.74) is -0.320. The fraction of sp³-hybridized carbons (Fsp3) is 0.923. The number of hydrogen-bond donors (Lipinski definition) is 1. The van der Waals surface area contributed by atoms with Crippen molar-refractivity contribution >= 4 is 15.9 Å². The normalized spacial score (nSPS) is 23.4. The Bertz CT molecular complexity index is 435. The average Bonchev–Trinajstić information content (AvgIpc) is 3.10. The molecule has 1 heterocycles. The van der Waals surface area contributed by atoms with Gasteiger partial charge in [-0.15, -0.1) is 0 Å².